The molecule has 0 aliphatic rings. The minimum absolute atomic E-state index is 0.238. The second kappa shape index (κ2) is 6.68. The number of hydrogen-bond donors (Lipinski definition) is 1. The molecule has 2 aromatic carbocycles. The fourth-order valence-corrected chi connectivity index (χ4v) is 1.90. The molecule has 0 saturated carbocycles. The van der Waals surface area contributed by atoms with Gasteiger partial charge < -0.3 is 10.1 Å². The van der Waals surface area contributed by atoms with Gasteiger partial charge in [-0.25, -0.2) is 4.39 Å². The lowest BCUT2D eigenvalue weighted by molar-refractivity contribution is 0.441. The third-order valence-corrected chi connectivity index (χ3v) is 3.15. The van der Waals surface area contributed by atoms with Crippen LogP contribution in [0.1, 0.15) is 12.5 Å². The third-order valence-electron chi connectivity index (χ3n) is 2.62. The Bertz CT molecular complexity index is 542. The molecule has 2 aromatic rings. The molecule has 1 N–H and O–H groups in total. The summed E-state index contributed by atoms with van der Waals surface area (Å²) < 4.78 is 20.3. The van der Waals surface area contributed by atoms with Crippen LogP contribution in [0.15, 0.2) is 46.9 Å². The van der Waals surface area contributed by atoms with Gasteiger partial charge in [-0.3, -0.25) is 0 Å². The molecule has 0 aliphatic heterocycles. The normalized spacial score (nSPS) is 10.5. The number of nitrogens with one attached hydrogen (secondary N) is 1. The van der Waals surface area contributed by atoms with Crippen LogP contribution in [0.4, 0.5) is 4.39 Å². The van der Waals surface area contributed by atoms with E-state index < -0.39 is 0 Å². The zero-order chi connectivity index (χ0) is 13.7. The third kappa shape index (κ3) is 4.04. The molecule has 0 spiro atoms. The number of halogens is 2. The van der Waals surface area contributed by atoms with Crippen LogP contribution in [0.3, 0.4) is 0 Å². The van der Waals surface area contributed by atoms with Gasteiger partial charge in [-0.2, -0.15) is 0 Å². The smallest absolute Gasteiger partial charge is 0.166 e. The van der Waals surface area contributed by atoms with Crippen molar-refractivity contribution in [2.75, 3.05) is 6.54 Å². The first-order valence-corrected chi connectivity index (χ1v) is 6.91. The van der Waals surface area contributed by atoms with Gasteiger partial charge in [-0.15, -0.1) is 0 Å². The Morgan fingerprint density at radius 1 is 1.16 bits per heavy atom. The van der Waals surface area contributed by atoms with E-state index in [0.29, 0.717) is 12.3 Å². The Kier molecular flexibility index (Phi) is 4.93. The summed E-state index contributed by atoms with van der Waals surface area (Å²) in [5.74, 6) is 0.502. The van der Waals surface area contributed by atoms with Crippen molar-refractivity contribution >= 4 is 15.9 Å². The molecule has 0 amide bonds. The van der Waals surface area contributed by atoms with E-state index in [1.54, 1.807) is 18.2 Å². The van der Waals surface area contributed by atoms with Gasteiger partial charge in [-0.05, 0) is 48.5 Å². The standard InChI is InChI=1S/C15H15BrFNO/c1-2-18-10-11-3-8-15(14(17)9-11)19-13-6-4-12(16)5-7-13/h3-9,18H,2,10H2,1H3. The van der Waals surface area contributed by atoms with Gasteiger partial charge in [0.15, 0.2) is 11.6 Å². The van der Waals surface area contributed by atoms with Crippen molar-refractivity contribution in [3.05, 3.63) is 58.3 Å². The summed E-state index contributed by atoms with van der Waals surface area (Å²) in [6, 6.07) is 12.3. The van der Waals surface area contributed by atoms with Crippen LogP contribution >= 0.6 is 15.9 Å². The van der Waals surface area contributed by atoms with E-state index in [1.165, 1.54) is 6.07 Å². The van der Waals surface area contributed by atoms with E-state index in [4.69, 9.17) is 4.74 Å². The summed E-state index contributed by atoms with van der Waals surface area (Å²) in [7, 11) is 0. The molecule has 0 aromatic heterocycles. The molecule has 0 fully saturated rings. The van der Waals surface area contributed by atoms with Crippen molar-refractivity contribution in [2.24, 2.45) is 0 Å². The molecule has 2 rings (SSSR count). The number of ether oxygens (including phenoxy) is 1. The molecule has 0 radical (unpaired) electrons. The monoisotopic (exact) mass is 323 g/mol. The molecule has 4 heteroatoms. The molecular formula is C15H15BrFNO. The molecule has 0 aliphatic carbocycles. The van der Waals surface area contributed by atoms with Gasteiger partial charge in [0.05, 0.1) is 0 Å². The van der Waals surface area contributed by atoms with Crippen molar-refractivity contribution in [3.8, 4) is 11.5 Å². The first kappa shape index (κ1) is 14.0. The second-order valence-electron chi connectivity index (χ2n) is 4.10. The fourth-order valence-electron chi connectivity index (χ4n) is 1.64. The van der Waals surface area contributed by atoms with Crippen molar-refractivity contribution in [2.45, 2.75) is 13.5 Å². The summed E-state index contributed by atoms with van der Waals surface area (Å²) in [6.07, 6.45) is 0. The highest BCUT2D eigenvalue weighted by Gasteiger charge is 2.06. The molecule has 0 atom stereocenters. The SMILES string of the molecule is CCNCc1ccc(Oc2ccc(Br)cc2)c(F)c1. The van der Waals surface area contributed by atoms with E-state index in [-0.39, 0.29) is 11.6 Å². The van der Waals surface area contributed by atoms with E-state index in [9.17, 15) is 4.39 Å². The van der Waals surface area contributed by atoms with E-state index in [1.807, 2.05) is 25.1 Å². The Labute approximate surface area is 120 Å². The highest BCUT2D eigenvalue weighted by atomic mass is 79.9. The Balaban J connectivity index is 2.10. The molecule has 2 nitrogen and oxygen atoms in total. The number of rotatable bonds is 5. The fraction of sp³-hybridized carbons (Fsp3) is 0.200. The highest BCUT2D eigenvalue weighted by molar-refractivity contribution is 9.10. The van der Waals surface area contributed by atoms with Crippen molar-refractivity contribution in [3.63, 3.8) is 0 Å². The highest BCUT2D eigenvalue weighted by Crippen LogP contribution is 2.26. The van der Waals surface area contributed by atoms with Crippen LogP contribution in [0, 0.1) is 5.82 Å². The maximum absolute atomic E-state index is 13.9. The largest absolute Gasteiger partial charge is 0.454 e. The van der Waals surface area contributed by atoms with Crippen LogP contribution in [0.5, 0.6) is 11.5 Å². The molecule has 0 saturated heterocycles. The quantitative estimate of drug-likeness (QED) is 0.875. The molecule has 0 heterocycles. The van der Waals surface area contributed by atoms with Crippen LogP contribution in [0.25, 0.3) is 0 Å². The maximum Gasteiger partial charge on any atom is 0.166 e. The van der Waals surface area contributed by atoms with E-state index >= 15 is 0 Å². The topological polar surface area (TPSA) is 21.3 Å². The van der Waals surface area contributed by atoms with Crippen LogP contribution in [0.2, 0.25) is 0 Å². The van der Waals surface area contributed by atoms with Gasteiger partial charge in [-0.1, -0.05) is 28.9 Å². The number of benzene rings is 2. The van der Waals surface area contributed by atoms with Gasteiger partial charge in [0.2, 0.25) is 0 Å². The summed E-state index contributed by atoms with van der Waals surface area (Å²) in [5, 5.41) is 3.15. The Morgan fingerprint density at radius 3 is 2.53 bits per heavy atom. The molecule has 0 bridgehead atoms. The average Bonchev–Trinajstić information content (AvgIpc) is 2.41. The Hall–Kier alpha value is -1.39. The van der Waals surface area contributed by atoms with Crippen LogP contribution in [-0.4, -0.2) is 6.54 Å². The number of hydrogen-bond acceptors (Lipinski definition) is 2. The summed E-state index contributed by atoms with van der Waals surface area (Å²) in [5.41, 5.74) is 0.905. The average molecular weight is 324 g/mol. The Morgan fingerprint density at radius 2 is 1.89 bits per heavy atom. The minimum Gasteiger partial charge on any atom is -0.454 e. The predicted molar refractivity (Wildman–Crippen MR) is 78.0 cm³/mol. The zero-order valence-corrected chi connectivity index (χ0v) is 12.2. The van der Waals surface area contributed by atoms with E-state index in [2.05, 4.69) is 21.2 Å². The molecule has 19 heavy (non-hydrogen) atoms. The minimum atomic E-state index is -0.349. The van der Waals surface area contributed by atoms with Crippen LogP contribution < -0.4 is 10.1 Å². The summed E-state index contributed by atoms with van der Waals surface area (Å²) >= 11 is 3.34. The zero-order valence-electron chi connectivity index (χ0n) is 10.6. The van der Waals surface area contributed by atoms with Crippen molar-refractivity contribution in [1.29, 1.82) is 0 Å². The second-order valence-corrected chi connectivity index (χ2v) is 5.02. The van der Waals surface area contributed by atoms with E-state index in [0.717, 1.165) is 16.6 Å². The molecular weight excluding hydrogens is 309 g/mol. The first-order valence-electron chi connectivity index (χ1n) is 6.11. The van der Waals surface area contributed by atoms with Gasteiger partial charge in [0.1, 0.15) is 5.75 Å². The lowest BCUT2D eigenvalue weighted by atomic mass is 10.2. The maximum atomic E-state index is 13.9. The molecule has 100 valence electrons. The van der Waals surface area contributed by atoms with Gasteiger partial charge in [0, 0.05) is 11.0 Å². The molecule has 0 unspecified atom stereocenters. The summed E-state index contributed by atoms with van der Waals surface area (Å²) in [6.45, 7) is 3.53. The van der Waals surface area contributed by atoms with Gasteiger partial charge in [0.25, 0.3) is 0 Å². The lowest BCUT2D eigenvalue weighted by Crippen LogP contribution is -2.11. The van der Waals surface area contributed by atoms with Crippen molar-refractivity contribution in [1.82, 2.24) is 5.32 Å². The first-order chi connectivity index (χ1) is 9.19. The predicted octanol–water partition coefficient (Wildman–Crippen LogP) is 4.49. The summed E-state index contributed by atoms with van der Waals surface area (Å²) in [4.78, 5) is 0. The van der Waals surface area contributed by atoms with Crippen molar-refractivity contribution < 1.29 is 9.13 Å². The van der Waals surface area contributed by atoms with Gasteiger partial charge >= 0.3 is 0 Å². The van der Waals surface area contributed by atoms with Crippen LogP contribution in [-0.2, 0) is 6.54 Å². The lowest BCUT2D eigenvalue weighted by Gasteiger charge is -2.08.